The highest BCUT2D eigenvalue weighted by Gasteiger charge is 2.51. The fourth-order valence-electron chi connectivity index (χ4n) is 21.4. The molecule has 1 unspecified atom stereocenters. The van der Waals surface area contributed by atoms with Crippen LogP contribution in [-0.4, -0.2) is 115 Å². The molecule has 9 aromatic heterocycles. The third kappa shape index (κ3) is 19.3. The first-order valence-electron chi connectivity index (χ1n) is 49.6. The molecule has 27 heteroatoms. The SMILES string of the molecule is CC(C)C(C)(C1=CCc2cc(C(=O)N(C)CCO)ccc21)c1ccc(-c2cnc(N)nc2)cc1.Cn1cc(-c2coc([C@@](C)(c3ccc(-c4cnc(N)nc4)cc3)C3CC3)n2)cn1.Cn1cc(-c2coc([C@](C)(c3ccc(-c4cnc(N)nc4)cc3)C3CC3)n2)cn1.Nc1ncc(-c2ccc(C3(C4=CCc5cc(F)ccc54)CCC3)cc2)cn1.Nc1ncc(-c2ccc(C3(C4=CCc5ccccc54)CCC3)cc2)cn1. The third-order valence-corrected chi connectivity index (χ3v) is 30.9. The molecule has 1 amide bonds. The molecule has 7 aliphatic rings. The van der Waals surface area contributed by atoms with Crippen LogP contribution in [0.2, 0.25) is 0 Å². The number of nitrogens with zero attached hydrogens (tertiary/aromatic N) is 17. The number of rotatable bonds is 23. The second-order valence-electron chi connectivity index (χ2n) is 39.8. The van der Waals surface area contributed by atoms with E-state index in [0.717, 1.165) is 128 Å². The van der Waals surface area contributed by atoms with Gasteiger partial charge in [-0.15, -0.1) is 0 Å². The van der Waals surface area contributed by atoms with Crippen molar-refractivity contribution in [2.75, 3.05) is 48.9 Å². The number of aromatic nitrogens is 16. The van der Waals surface area contributed by atoms with Gasteiger partial charge in [-0.05, 0) is 232 Å². The number of allylic oxidation sites excluding steroid dienone is 6. The zero-order valence-corrected chi connectivity index (χ0v) is 82.7. The van der Waals surface area contributed by atoms with Gasteiger partial charge in [0.05, 0.1) is 29.8 Å². The summed E-state index contributed by atoms with van der Waals surface area (Å²) in [5.74, 6) is 4.10. The van der Waals surface area contributed by atoms with Crippen LogP contribution in [0.15, 0.2) is 308 Å². The van der Waals surface area contributed by atoms with Crippen molar-refractivity contribution in [2.45, 2.75) is 145 Å². The van der Waals surface area contributed by atoms with Crippen LogP contribution in [0.3, 0.4) is 0 Å². The van der Waals surface area contributed by atoms with Gasteiger partial charge in [0.15, 0.2) is 0 Å². The van der Waals surface area contributed by atoms with Crippen molar-refractivity contribution in [3.05, 3.63) is 384 Å². The van der Waals surface area contributed by atoms with Gasteiger partial charge in [0, 0.05) is 163 Å². The minimum atomic E-state index is -0.267. The quantitative estimate of drug-likeness (QED) is 0.0346. The molecule has 0 bridgehead atoms. The first kappa shape index (κ1) is 96.1. The number of benzene rings is 8. The van der Waals surface area contributed by atoms with Crippen molar-refractivity contribution in [3.63, 3.8) is 0 Å². The van der Waals surface area contributed by atoms with E-state index in [0.29, 0.717) is 35.8 Å². The standard InChI is InChI=1S/C28H32N4O2.C23H20FN3.C23H21N3.2C22H22N6O/c1-18(2)28(3,23-9-5-19(6-10-23)22-16-30-27(29)31-17-22)25-12-8-20-15-21(7-11-24(20)25)26(34)32(4)13-14-33;24-19-7-8-20-16(12-19)4-9-21(20)23(10-1-11-23)18-5-2-15(3-6-18)17-13-26-22(25)27-14-17;24-22-25-14-18(15-26-22)16-6-9-19(10-7-16)23(12-3-13-23)21-11-8-17-4-1-2-5-20(17)21;2*1-22(18-7-8-18,20-27-19(13-29-20)16-11-26-28(2)12-16)17-5-3-14(4-6-17)15-9-24-21(23)25-10-15/h5-7,9-12,15-18,33H,8,13-14H2,1-4H3,(H2,29,30,31);2-3,5-9,12-14H,1,4,10-11H2,(H2,25,26,27);1-2,4-7,9-11,14-15H,3,8,12-13H2,(H2,24,25,26);2*3-6,9-13,18H,7-8H2,1-2H3,(H2,23,24,25)/t;;;2*22-/m...10/s1. The van der Waals surface area contributed by atoms with Crippen molar-refractivity contribution in [1.82, 2.24) is 84.3 Å². The molecule has 9 heterocycles. The van der Waals surface area contributed by atoms with Crippen molar-refractivity contribution >= 4 is 52.4 Å². The number of hydrogen-bond donors (Lipinski definition) is 6. The molecule has 3 atom stereocenters. The zero-order valence-electron chi connectivity index (χ0n) is 82.7. The van der Waals surface area contributed by atoms with Crippen LogP contribution >= 0.6 is 0 Å². The fraction of sp³-hybridized carbons (Fsp3) is 0.263. The van der Waals surface area contributed by atoms with Gasteiger partial charge in [-0.25, -0.2) is 64.2 Å². The van der Waals surface area contributed by atoms with Crippen molar-refractivity contribution < 1.29 is 23.1 Å². The van der Waals surface area contributed by atoms with Crippen molar-refractivity contribution in [3.8, 4) is 78.1 Å². The predicted molar refractivity (Wildman–Crippen MR) is 567 cm³/mol. The Morgan fingerprint density at radius 2 is 0.793 bits per heavy atom. The van der Waals surface area contributed by atoms with E-state index in [1.807, 2.05) is 44.7 Å². The van der Waals surface area contributed by atoms with Gasteiger partial charge in [-0.2, -0.15) is 10.2 Å². The summed E-state index contributed by atoms with van der Waals surface area (Å²) in [4.78, 5) is 64.8. The number of carbonyl (C=O) groups is 1. The maximum atomic E-state index is 13.6. The second kappa shape index (κ2) is 40.2. The molecule has 0 aliphatic heterocycles. The summed E-state index contributed by atoms with van der Waals surface area (Å²) >= 11 is 0. The Hall–Kier alpha value is -16.4. The molecule has 0 radical (unpaired) electrons. The minimum Gasteiger partial charge on any atom is -0.447 e. The summed E-state index contributed by atoms with van der Waals surface area (Å²) in [5, 5.41) is 17.6. The van der Waals surface area contributed by atoms with Gasteiger partial charge >= 0.3 is 0 Å². The molecule has 17 aromatic rings. The smallest absolute Gasteiger partial charge is 0.253 e. The highest BCUT2D eigenvalue weighted by molar-refractivity contribution is 5.96. The van der Waals surface area contributed by atoms with E-state index in [9.17, 15) is 9.18 Å². The lowest BCUT2D eigenvalue weighted by Crippen LogP contribution is -2.35. The van der Waals surface area contributed by atoms with E-state index in [1.165, 1.54) is 124 Å². The minimum absolute atomic E-state index is 0.0459. The van der Waals surface area contributed by atoms with Crippen LogP contribution in [0.5, 0.6) is 0 Å². The molecule has 26 nitrogen and oxygen atoms in total. The summed E-state index contributed by atoms with van der Waals surface area (Å²) in [6, 6.07) is 63.2. The van der Waals surface area contributed by atoms with E-state index in [2.05, 4.69) is 265 Å². The van der Waals surface area contributed by atoms with Crippen molar-refractivity contribution in [2.24, 2.45) is 31.8 Å². The topological polar surface area (TPSA) is 387 Å². The molecular formula is C118H117FN22O4. The van der Waals surface area contributed by atoms with Gasteiger partial charge < -0.3 is 47.5 Å². The molecule has 7 aliphatic carbocycles. The number of hydrogen-bond acceptors (Lipinski definition) is 23. The average molecular weight is 1930 g/mol. The number of anilines is 5. The first-order valence-corrected chi connectivity index (χ1v) is 49.6. The number of halogens is 1. The Morgan fingerprint density at radius 1 is 0.434 bits per heavy atom. The number of aryl methyl sites for hydroxylation is 2. The van der Waals surface area contributed by atoms with Gasteiger partial charge in [0.1, 0.15) is 29.7 Å². The monoisotopic (exact) mass is 1920 g/mol. The predicted octanol–water partition coefficient (Wildman–Crippen LogP) is 21.7. The van der Waals surface area contributed by atoms with Gasteiger partial charge in [0.2, 0.25) is 41.5 Å². The van der Waals surface area contributed by atoms with E-state index in [4.69, 9.17) is 52.6 Å². The lowest BCUT2D eigenvalue weighted by atomic mass is 9.59. The highest BCUT2D eigenvalue weighted by atomic mass is 19.1. The Balaban J connectivity index is 0.000000111. The second-order valence-corrected chi connectivity index (χ2v) is 39.8. The van der Waals surface area contributed by atoms with E-state index in [1.54, 1.807) is 120 Å². The number of nitrogens with two attached hydrogens (primary N) is 5. The number of carbonyl (C=O) groups excluding carboxylic acids is 1. The lowest BCUT2D eigenvalue weighted by Gasteiger charge is -2.44. The summed E-state index contributed by atoms with van der Waals surface area (Å²) < 4.78 is 29.1. The molecule has 11 N–H and O–H groups in total. The zero-order chi connectivity index (χ0) is 100. The van der Waals surface area contributed by atoms with E-state index < -0.39 is 0 Å². The Labute approximate surface area is 842 Å². The van der Waals surface area contributed by atoms with Gasteiger partial charge in [-0.1, -0.05) is 210 Å². The first-order chi connectivity index (χ1) is 70.2. The molecule has 0 spiro atoms. The molecule has 8 aromatic carbocycles. The number of nitrogen functional groups attached to an aromatic ring is 5. The molecule has 730 valence electrons. The number of aliphatic hydroxyl groups is 1. The van der Waals surface area contributed by atoms with E-state index >= 15 is 0 Å². The maximum Gasteiger partial charge on any atom is 0.253 e. The Bertz CT molecular complexity index is 7430. The van der Waals surface area contributed by atoms with Crippen LogP contribution in [0, 0.1) is 23.6 Å². The summed E-state index contributed by atoms with van der Waals surface area (Å²) in [6.45, 7) is 11.5. The number of likely N-dealkylation sites (N-methyl/N-ethyl adjacent to an activating group) is 1. The van der Waals surface area contributed by atoms with Crippen molar-refractivity contribution in [1.29, 1.82) is 0 Å². The normalized spacial score (nSPS) is 16.1. The molecule has 4 saturated carbocycles. The Morgan fingerprint density at radius 3 is 1.16 bits per heavy atom. The number of aliphatic hydroxyl groups excluding tert-OH is 1. The number of fused-ring (bicyclic) bond motifs is 3. The molecular weight excluding hydrogens is 1810 g/mol. The van der Waals surface area contributed by atoms with Crippen LogP contribution in [0.4, 0.5) is 34.1 Å². The molecule has 24 rings (SSSR count). The van der Waals surface area contributed by atoms with Gasteiger partial charge in [0.25, 0.3) is 5.91 Å². The molecule has 4 fully saturated rings. The van der Waals surface area contributed by atoms with Crippen LogP contribution in [-0.2, 0) is 60.4 Å². The highest BCUT2D eigenvalue weighted by Crippen LogP contribution is 2.59. The van der Waals surface area contributed by atoms with Crippen LogP contribution < -0.4 is 28.7 Å². The lowest BCUT2D eigenvalue weighted by molar-refractivity contribution is 0.0766. The number of oxazole rings is 2. The fourth-order valence-corrected chi connectivity index (χ4v) is 21.4. The largest absolute Gasteiger partial charge is 0.447 e. The van der Waals surface area contributed by atoms with E-state index in [-0.39, 0.29) is 69.2 Å². The van der Waals surface area contributed by atoms with Crippen LogP contribution in [0.1, 0.15) is 182 Å². The summed E-state index contributed by atoms with van der Waals surface area (Å²) in [7, 11) is 5.50. The maximum absolute atomic E-state index is 13.6. The third-order valence-electron chi connectivity index (χ3n) is 30.9. The number of amides is 1. The summed E-state index contributed by atoms with van der Waals surface area (Å²) in [5.41, 5.74) is 60.0. The average Bonchev–Trinajstić information content (AvgIpc) is 1.70. The van der Waals surface area contributed by atoms with Gasteiger partial charge in [-0.3, -0.25) is 14.2 Å². The van der Waals surface area contributed by atoms with Crippen LogP contribution in [0.25, 0.3) is 94.9 Å². The molecule has 0 saturated heterocycles. The Kier molecular flexibility index (Phi) is 26.6. The summed E-state index contributed by atoms with van der Waals surface area (Å²) in [6.07, 6.45) is 50.2. The molecule has 145 heavy (non-hydrogen) atoms.